The largest absolute Gasteiger partial charge is 0.521 e. The van der Waals surface area contributed by atoms with Gasteiger partial charge in [0.25, 0.3) is 0 Å². The molecule has 0 aliphatic heterocycles. The number of aryl methyl sites for hydroxylation is 1. The first kappa shape index (κ1) is 8.01. The lowest BCUT2D eigenvalue weighted by Crippen LogP contribution is -3.61. The van der Waals surface area contributed by atoms with E-state index < -0.39 is 0 Å². The van der Waals surface area contributed by atoms with E-state index >= 15 is 0 Å². The summed E-state index contributed by atoms with van der Waals surface area (Å²) in [6.45, 7) is 2.09. The quantitative estimate of drug-likeness (QED) is 0.599. The predicted octanol–water partition coefficient (Wildman–Crippen LogP) is -1.18. The van der Waals surface area contributed by atoms with Gasteiger partial charge in [0.05, 0.1) is 7.11 Å². The Bertz CT molecular complexity index is 193. The van der Waals surface area contributed by atoms with Crippen LogP contribution in [0.15, 0.2) is 24.3 Å². The molecule has 0 atom stereocenters. The maximum Gasteiger partial charge on any atom is 0.521 e. The molecule has 0 amide bonds. The Kier molecular flexibility index (Phi) is 3.15. The fourth-order valence-electron chi connectivity index (χ4n) is 0.674. The zero-order valence-corrected chi connectivity index (χ0v) is 8.25. The molecule has 0 aliphatic carbocycles. The number of benzene rings is 1. The van der Waals surface area contributed by atoms with Crippen molar-refractivity contribution < 1.29 is 24.7 Å². The van der Waals surface area contributed by atoms with E-state index in [9.17, 15) is 0 Å². The van der Waals surface area contributed by atoms with Gasteiger partial charge in [-0.15, -0.1) is 3.07 Å². The zero-order chi connectivity index (χ0) is 7.40. The molecule has 1 rings (SSSR count). The first-order valence-electron chi connectivity index (χ1n) is 3.07. The van der Waals surface area contributed by atoms with Crippen LogP contribution in [-0.2, 0) is 3.07 Å². The summed E-state index contributed by atoms with van der Waals surface area (Å²) in [5.41, 5.74) is 1.31. The maximum absolute atomic E-state index is 5.08. The normalized spacial score (nSPS) is 9.80. The Hall–Kier alpha value is -0.0900. The van der Waals surface area contributed by atoms with Crippen LogP contribution in [0, 0.1) is 10.5 Å². The second kappa shape index (κ2) is 3.93. The Balaban J connectivity index is 2.69. The molecule has 1 nitrogen and oxygen atoms in total. The van der Waals surface area contributed by atoms with E-state index in [4.69, 9.17) is 3.07 Å². The van der Waals surface area contributed by atoms with Crippen molar-refractivity contribution >= 4 is 0 Å². The molecular formula is C8H10IO+. The molecule has 1 aromatic carbocycles. The van der Waals surface area contributed by atoms with E-state index in [1.165, 1.54) is 9.13 Å². The van der Waals surface area contributed by atoms with Crippen LogP contribution in [0.3, 0.4) is 0 Å². The molecule has 2 heteroatoms. The van der Waals surface area contributed by atoms with Crippen LogP contribution in [0.1, 0.15) is 5.56 Å². The van der Waals surface area contributed by atoms with E-state index in [0.29, 0.717) is 0 Å². The van der Waals surface area contributed by atoms with E-state index in [2.05, 4.69) is 31.2 Å². The second-order valence-corrected chi connectivity index (χ2v) is 4.59. The SMILES string of the molecule is CO[I+]c1ccc(C)cc1. The van der Waals surface area contributed by atoms with Gasteiger partial charge >= 0.3 is 21.6 Å². The summed E-state index contributed by atoms with van der Waals surface area (Å²) in [6.07, 6.45) is 0. The average molecular weight is 249 g/mol. The lowest BCUT2D eigenvalue weighted by Gasteiger charge is -1.85. The molecule has 10 heavy (non-hydrogen) atoms. The van der Waals surface area contributed by atoms with Crippen molar-refractivity contribution in [3.05, 3.63) is 33.4 Å². The Morgan fingerprint density at radius 3 is 2.30 bits per heavy atom. The minimum absolute atomic E-state index is 0.183. The first-order chi connectivity index (χ1) is 4.83. The summed E-state index contributed by atoms with van der Waals surface area (Å²) >= 11 is -0.183. The lowest BCUT2D eigenvalue weighted by molar-refractivity contribution is -0.870. The minimum atomic E-state index is -0.183. The molecule has 0 saturated heterocycles. The molecular weight excluding hydrogens is 239 g/mol. The standard InChI is InChI=1S/C8H10IO/c1-7-3-5-8(6-4-7)9-10-2/h3-6H,1-2H3/q+1. The van der Waals surface area contributed by atoms with Gasteiger partial charge in [-0.25, -0.2) is 0 Å². The van der Waals surface area contributed by atoms with Gasteiger partial charge in [0, 0.05) is 0 Å². The second-order valence-electron chi connectivity index (χ2n) is 2.03. The third-order valence-corrected chi connectivity index (χ3v) is 2.85. The molecule has 0 bridgehead atoms. The van der Waals surface area contributed by atoms with Crippen LogP contribution in [-0.4, -0.2) is 7.11 Å². The summed E-state index contributed by atoms with van der Waals surface area (Å²) in [7, 11) is 1.76. The van der Waals surface area contributed by atoms with Gasteiger partial charge in [0.2, 0.25) is 3.57 Å². The molecule has 0 aromatic heterocycles. The van der Waals surface area contributed by atoms with E-state index in [1.54, 1.807) is 7.11 Å². The molecule has 0 saturated carbocycles. The molecule has 0 aliphatic rings. The summed E-state index contributed by atoms with van der Waals surface area (Å²) in [5, 5.41) is 0. The molecule has 1 aromatic rings. The van der Waals surface area contributed by atoms with Crippen molar-refractivity contribution in [3.63, 3.8) is 0 Å². The van der Waals surface area contributed by atoms with E-state index in [-0.39, 0.29) is 21.6 Å². The smallest absolute Gasteiger partial charge is 0.145 e. The molecule has 0 N–H and O–H groups in total. The van der Waals surface area contributed by atoms with Crippen LogP contribution in [0.4, 0.5) is 0 Å². The monoisotopic (exact) mass is 249 g/mol. The molecule has 0 spiro atoms. The average Bonchev–Trinajstić information content (AvgIpc) is 1.95. The maximum atomic E-state index is 5.08. The van der Waals surface area contributed by atoms with Crippen LogP contribution < -0.4 is 21.6 Å². The van der Waals surface area contributed by atoms with Crippen LogP contribution in [0.25, 0.3) is 0 Å². The number of hydrogen-bond acceptors (Lipinski definition) is 1. The summed E-state index contributed by atoms with van der Waals surface area (Å²) in [4.78, 5) is 0. The van der Waals surface area contributed by atoms with Crippen molar-refractivity contribution in [2.45, 2.75) is 6.92 Å². The van der Waals surface area contributed by atoms with E-state index in [1.807, 2.05) is 0 Å². The van der Waals surface area contributed by atoms with Gasteiger partial charge in [-0.2, -0.15) is 0 Å². The highest BCUT2D eigenvalue weighted by Crippen LogP contribution is 1.92. The highest BCUT2D eigenvalue weighted by atomic mass is 127. The number of halogens is 1. The first-order valence-corrected chi connectivity index (χ1v) is 5.03. The van der Waals surface area contributed by atoms with Crippen molar-refractivity contribution in [1.29, 1.82) is 0 Å². The highest BCUT2D eigenvalue weighted by molar-refractivity contribution is 5.11. The molecule has 0 heterocycles. The van der Waals surface area contributed by atoms with E-state index in [0.717, 1.165) is 0 Å². The fourth-order valence-corrected chi connectivity index (χ4v) is 1.84. The van der Waals surface area contributed by atoms with Crippen LogP contribution in [0.5, 0.6) is 0 Å². The summed E-state index contributed by atoms with van der Waals surface area (Å²) in [5.74, 6) is 0. The lowest BCUT2D eigenvalue weighted by atomic mass is 10.2. The third-order valence-electron chi connectivity index (χ3n) is 1.18. The van der Waals surface area contributed by atoms with Gasteiger partial charge in [0.1, 0.15) is 0 Å². The minimum Gasteiger partial charge on any atom is -0.145 e. The Morgan fingerprint density at radius 2 is 1.80 bits per heavy atom. The van der Waals surface area contributed by atoms with Crippen molar-refractivity contribution in [1.82, 2.24) is 0 Å². The van der Waals surface area contributed by atoms with Crippen molar-refractivity contribution in [2.24, 2.45) is 0 Å². The van der Waals surface area contributed by atoms with Gasteiger partial charge in [0.15, 0.2) is 0 Å². The topological polar surface area (TPSA) is 9.23 Å². The summed E-state index contributed by atoms with van der Waals surface area (Å²) < 4.78 is 6.42. The van der Waals surface area contributed by atoms with Gasteiger partial charge in [-0.3, -0.25) is 0 Å². The molecule has 54 valence electrons. The third kappa shape index (κ3) is 2.27. The predicted molar refractivity (Wildman–Crippen MR) is 36.9 cm³/mol. The van der Waals surface area contributed by atoms with Crippen LogP contribution >= 0.6 is 0 Å². The fraction of sp³-hybridized carbons (Fsp3) is 0.250. The van der Waals surface area contributed by atoms with Gasteiger partial charge < -0.3 is 0 Å². The van der Waals surface area contributed by atoms with Crippen molar-refractivity contribution in [2.75, 3.05) is 7.11 Å². The Morgan fingerprint density at radius 1 is 1.20 bits per heavy atom. The molecule has 0 radical (unpaired) electrons. The van der Waals surface area contributed by atoms with Gasteiger partial charge in [-0.05, 0) is 19.1 Å². The number of hydrogen-bond donors (Lipinski definition) is 0. The van der Waals surface area contributed by atoms with Crippen molar-refractivity contribution in [3.8, 4) is 0 Å². The zero-order valence-electron chi connectivity index (χ0n) is 6.10. The Labute approximate surface area is 72.2 Å². The summed E-state index contributed by atoms with van der Waals surface area (Å²) in [6, 6.07) is 8.50. The highest BCUT2D eigenvalue weighted by Gasteiger charge is 2.09. The number of rotatable bonds is 2. The van der Waals surface area contributed by atoms with Gasteiger partial charge in [-0.1, -0.05) is 17.7 Å². The molecule has 0 unspecified atom stereocenters. The van der Waals surface area contributed by atoms with Crippen LogP contribution in [0.2, 0.25) is 0 Å². The molecule has 0 fully saturated rings.